The molecule has 3 saturated heterocycles. The van der Waals surface area contributed by atoms with Gasteiger partial charge in [0.05, 0.1) is 46.5 Å². The summed E-state index contributed by atoms with van der Waals surface area (Å²) in [5.74, 6) is -2.18. The van der Waals surface area contributed by atoms with Crippen LogP contribution in [0.2, 0.25) is 5.02 Å². The number of benzene rings is 1. The number of nitrogens with one attached hydrogen (secondary N) is 1. The fourth-order valence-corrected chi connectivity index (χ4v) is 7.60. The summed E-state index contributed by atoms with van der Waals surface area (Å²) in [5.41, 5.74) is 0.465. The molecule has 0 saturated carbocycles. The zero-order chi connectivity index (χ0) is 21.6. The standard InChI is InChI=1S/C21H25ClN2O5S/c1-3-29-20(28)15-14-8-9-21(30-14)16(15)19(27)24(11(2)10-25)17(21)18(26)23-13-7-5-4-6-12(13)22/h4-7,11,14-17,25H,3,8-10H2,1-2H3,(H,23,26)/t11-,14-,15+,16+,17?,21?/m1/s1. The quantitative estimate of drug-likeness (QED) is 0.643. The van der Waals surface area contributed by atoms with Gasteiger partial charge in [0.25, 0.3) is 0 Å². The molecule has 1 aromatic rings. The molecule has 1 spiro atoms. The number of rotatable bonds is 6. The summed E-state index contributed by atoms with van der Waals surface area (Å²) < 4.78 is 4.56. The first kappa shape index (κ1) is 21.5. The third kappa shape index (κ3) is 3.11. The molecule has 0 radical (unpaired) electrons. The largest absolute Gasteiger partial charge is 0.466 e. The van der Waals surface area contributed by atoms with Crippen LogP contribution in [-0.2, 0) is 19.1 Å². The SMILES string of the molecule is CCOC(=O)[C@@H]1[C@H]2C(=O)N([C@H](C)CO)C(C(=O)Nc3ccccc3Cl)C23CC[C@H]1S3. The van der Waals surface area contributed by atoms with Crippen LogP contribution >= 0.6 is 23.4 Å². The van der Waals surface area contributed by atoms with Crippen molar-refractivity contribution in [3.8, 4) is 0 Å². The van der Waals surface area contributed by atoms with Gasteiger partial charge in [-0.05, 0) is 38.8 Å². The number of aliphatic hydroxyl groups excluding tert-OH is 1. The third-order valence-electron chi connectivity index (χ3n) is 6.42. The molecule has 0 aliphatic carbocycles. The fraction of sp³-hybridized carbons (Fsp3) is 0.571. The number of halogens is 1. The van der Waals surface area contributed by atoms with E-state index in [-0.39, 0.29) is 36.2 Å². The average Bonchev–Trinajstić information content (AvgIpc) is 3.36. The number of likely N-dealkylation sites (tertiary alicyclic amines) is 1. The molecule has 6 atom stereocenters. The lowest BCUT2D eigenvalue weighted by atomic mass is 9.71. The van der Waals surface area contributed by atoms with E-state index >= 15 is 0 Å². The van der Waals surface area contributed by atoms with E-state index in [0.717, 1.165) is 6.42 Å². The van der Waals surface area contributed by atoms with Crippen LogP contribution < -0.4 is 5.32 Å². The fourth-order valence-electron chi connectivity index (χ4n) is 5.22. The first-order valence-corrected chi connectivity index (χ1v) is 11.4. The zero-order valence-corrected chi connectivity index (χ0v) is 18.4. The van der Waals surface area contributed by atoms with E-state index in [9.17, 15) is 19.5 Å². The minimum atomic E-state index is -0.803. The predicted molar refractivity (Wildman–Crippen MR) is 114 cm³/mol. The monoisotopic (exact) mass is 452 g/mol. The van der Waals surface area contributed by atoms with Crippen molar-refractivity contribution >= 4 is 46.8 Å². The Morgan fingerprint density at radius 2 is 2.17 bits per heavy atom. The second-order valence-corrected chi connectivity index (χ2v) is 10.1. The number of carbonyl (C=O) groups excluding carboxylic acids is 3. The van der Waals surface area contributed by atoms with Crippen molar-refractivity contribution in [1.82, 2.24) is 4.90 Å². The Balaban J connectivity index is 1.73. The number of anilines is 1. The number of hydrogen-bond acceptors (Lipinski definition) is 6. The van der Waals surface area contributed by atoms with Gasteiger partial charge in [0, 0.05) is 5.25 Å². The maximum Gasteiger partial charge on any atom is 0.310 e. The highest BCUT2D eigenvalue weighted by atomic mass is 35.5. The van der Waals surface area contributed by atoms with Gasteiger partial charge in [-0.1, -0.05) is 23.7 Å². The number of carbonyl (C=O) groups is 3. The van der Waals surface area contributed by atoms with Gasteiger partial charge >= 0.3 is 5.97 Å². The molecule has 0 aromatic heterocycles. The van der Waals surface area contributed by atoms with E-state index in [1.807, 2.05) is 0 Å². The minimum absolute atomic E-state index is 0.0415. The maximum absolute atomic E-state index is 13.5. The normalized spacial score (nSPS) is 32.8. The molecule has 2 bridgehead atoms. The summed E-state index contributed by atoms with van der Waals surface area (Å²) >= 11 is 7.78. The number of nitrogens with zero attached hydrogens (tertiary/aromatic N) is 1. The summed E-state index contributed by atoms with van der Waals surface area (Å²) in [6, 6.07) is 5.56. The molecule has 7 nitrogen and oxygen atoms in total. The molecule has 2 N–H and O–H groups in total. The molecule has 162 valence electrons. The smallest absolute Gasteiger partial charge is 0.310 e. The van der Waals surface area contributed by atoms with E-state index in [4.69, 9.17) is 16.3 Å². The molecule has 4 rings (SSSR count). The number of ether oxygens (including phenoxy) is 1. The molecule has 1 aromatic carbocycles. The van der Waals surface area contributed by atoms with Crippen LogP contribution in [0.5, 0.6) is 0 Å². The average molecular weight is 453 g/mol. The molecule has 2 unspecified atom stereocenters. The van der Waals surface area contributed by atoms with Crippen LogP contribution in [0, 0.1) is 11.8 Å². The number of hydrogen-bond donors (Lipinski definition) is 2. The number of esters is 1. The third-order valence-corrected chi connectivity index (χ3v) is 8.70. The van der Waals surface area contributed by atoms with Gasteiger partial charge in [-0.15, -0.1) is 11.8 Å². The van der Waals surface area contributed by atoms with Crippen molar-refractivity contribution in [3.05, 3.63) is 29.3 Å². The van der Waals surface area contributed by atoms with Crippen molar-refractivity contribution in [2.45, 2.75) is 48.8 Å². The molecular weight excluding hydrogens is 428 g/mol. The number of fused-ring (bicyclic) bond motifs is 1. The van der Waals surface area contributed by atoms with Crippen LogP contribution in [0.25, 0.3) is 0 Å². The van der Waals surface area contributed by atoms with Gasteiger partial charge in [-0.3, -0.25) is 14.4 Å². The minimum Gasteiger partial charge on any atom is -0.466 e. The molecule has 9 heteroatoms. The van der Waals surface area contributed by atoms with Gasteiger partial charge in [-0.25, -0.2) is 0 Å². The van der Waals surface area contributed by atoms with Gasteiger partial charge in [-0.2, -0.15) is 0 Å². The lowest BCUT2D eigenvalue weighted by Gasteiger charge is -2.36. The highest BCUT2D eigenvalue weighted by Gasteiger charge is 2.74. The highest BCUT2D eigenvalue weighted by molar-refractivity contribution is 8.02. The second kappa shape index (κ2) is 8.05. The number of amides is 2. The Hall–Kier alpha value is -1.77. The Bertz CT molecular complexity index is 883. The first-order chi connectivity index (χ1) is 14.4. The molecule has 3 heterocycles. The second-order valence-electron chi connectivity index (χ2n) is 8.05. The van der Waals surface area contributed by atoms with Crippen LogP contribution in [0.15, 0.2) is 24.3 Å². The highest BCUT2D eigenvalue weighted by Crippen LogP contribution is 2.66. The van der Waals surface area contributed by atoms with Crippen molar-refractivity contribution in [2.75, 3.05) is 18.5 Å². The van der Waals surface area contributed by atoms with Crippen LogP contribution in [-0.4, -0.2) is 63.1 Å². The Labute approximate surface area is 184 Å². The van der Waals surface area contributed by atoms with E-state index < -0.39 is 28.7 Å². The lowest BCUT2D eigenvalue weighted by Crippen LogP contribution is -2.54. The maximum atomic E-state index is 13.5. The summed E-state index contributed by atoms with van der Waals surface area (Å²) in [5, 5.41) is 13.0. The van der Waals surface area contributed by atoms with E-state index in [0.29, 0.717) is 17.1 Å². The summed E-state index contributed by atoms with van der Waals surface area (Å²) in [6.45, 7) is 3.42. The molecule has 3 aliphatic heterocycles. The Morgan fingerprint density at radius 1 is 1.43 bits per heavy atom. The van der Waals surface area contributed by atoms with Crippen molar-refractivity contribution < 1.29 is 24.2 Å². The van der Waals surface area contributed by atoms with Gasteiger partial charge in [0.2, 0.25) is 11.8 Å². The van der Waals surface area contributed by atoms with E-state index in [1.54, 1.807) is 49.9 Å². The zero-order valence-electron chi connectivity index (χ0n) is 16.8. The molecule has 2 amide bonds. The Morgan fingerprint density at radius 3 is 2.83 bits per heavy atom. The van der Waals surface area contributed by atoms with Crippen LogP contribution in [0.1, 0.15) is 26.7 Å². The molecule has 30 heavy (non-hydrogen) atoms. The summed E-state index contributed by atoms with van der Waals surface area (Å²) in [6.07, 6.45) is 1.40. The summed E-state index contributed by atoms with van der Waals surface area (Å²) in [7, 11) is 0. The van der Waals surface area contributed by atoms with Crippen LogP contribution in [0.3, 0.4) is 0 Å². The van der Waals surface area contributed by atoms with Crippen molar-refractivity contribution in [1.29, 1.82) is 0 Å². The number of para-hydroxylation sites is 1. The molecular formula is C21H25ClN2O5S. The van der Waals surface area contributed by atoms with Crippen molar-refractivity contribution in [3.63, 3.8) is 0 Å². The first-order valence-electron chi connectivity index (χ1n) is 10.2. The van der Waals surface area contributed by atoms with Gasteiger partial charge in [0.15, 0.2) is 0 Å². The topological polar surface area (TPSA) is 95.9 Å². The Kier molecular flexibility index (Phi) is 5.76. The van der Waals surface area contributed by atoms with E-state index in [1.165, 1.54) is 4.90 Å². The van der Waals surface area contributed by atoms with Gasteiger partial charge < -0.3 is 20.1 Å². The van der Waals surface area contributed by atoms with Crippen LogP contribution in [0.4, 0.5) is 5.69 Å². The molecule has 3 fully saturated rings. The predicted octanol–water partition coefficient (Wildman–Crippen LogP) is 2.31. The number of thioether (sulfide) groups is 1. The lowest BCUT2D eigenvalue weighted by molar-refractivity contribution is -0.154. The van der Waals surface area contributed by atoms with E-state index in [2.05, 4.69) is 5.32 Å². The van der Waals surface area contributed by atoms with Gasteiger partial charge in [0.1, 0.15) is 6.04 Å². The van der Waals surface area contributed by atoms with Crippen molar-refractivity contribution in [2.24, 2.45) is 11.8 Å². The number of aliphatic hydroxyl groups is 1. The summed E-state index contributed by atoms with van der Waals surface area (Å²) in [4.78, 5) is 41.2. The molecule has 3 aliphatic rings.